The zero-order valence-corrected chi connectivity index (χ0v) is 20.6. The van der Waals surface area contributed by atoms with Crippen LogP contribution in [0.25, 0.3) is 0 Å². The van der Waals surface area contributed by atoms with Crippen molar-refractivity contribution in [2.45, 2.75) is 76.2 Å². The van der Waals surface area contributed by atoms with Gasteiger partial charge in [-0.3, -0.25) is 4.79 Å². The van der Waals surface area contributed by atoms with Gasteiger partial charge in [-0.05, 0) is 61.6 Å². The Morgan fingerprint density at radius 2 is 1.76 bits per heavy atom. The number of hydrogen-bond acceptors (Lipinski definition) is 5. The number of aliphatic hydroxyl groups is 1. The van der Waals surface area contributed by atoms with Crippen LogP contribution in [-0.2, 0) is 39.6 Å². The van der Waals surface area contributed by atoms with Crippen molar-refractivity contribution in [3.8, 4) is 5.75 Å². The first-order chi connectivity index (χ1) is 15.3. The molecular formula is C22H29F3N2O4S2. The summed E-state index contributed by atoms with van der Waals surface area (Å²) < 4.78 is 60.5. The van der Waals surface area contributed by atoms with Crippen molar-refractivity contribution in [2.24, 2.45) is 9.50 Å². The second-order valence-corrected chi connectivity index (χ2v) is 11.2. The smallest absolute Gasteiger partial charge is 0.387 e. The summed E-state index contributed by atoms with van der Waals surface area (Å²) in [5, 5.41) is 15.8. The van der Waals surface area contributed by atoms with Crippen molar-refractivity contribution in [1.82, 2.24) is 0 Å². The van der Waals surface area contributed by atoms with Crippen LogP contribution in [-0.4, -0.2) is 21.8 Å². The van der Waals surface area contributed by atoms with Gasteiger partial charge in [0.15, 0.2) is 19.9 Å². The molecule has 0 radical (unpaired) electrons. The van der Waals surface area contributed by atoms with Crippen molar-refractivity contribution in [1.29, 1.82) is 0 Å². The SMILES string of the molecule is CCCc1cc(OC(F)F)cc(CCC)c1CC(=O)N=S(N)(=O)c1sc(C(C)(C)O)cc1F. The van der Waals surface area contributed by atoms with E-state index in [0.29, 0.717) is 53.7 Å². The lowest BCUT2D eigenvalue weighted by Gasteiger charge is -2.16. The fourth-order valence-electron chi connectivity index (χ4n) is 3.38. The van der Waals surface area contributed by atoms with E-state index in [1.54, 1.807) is 0 Å². The highest BCUT2D eigenvalue weighted by molar-refractivity contribution is 7.93. The number of thiophene rings is 1. The molecule has 1 amide bonds. The average molecular weight is 507 g/mol. The van der Waals surface area contributed by atoms with E-state index in [0.717, 1.165) is 6.07 Å². The van der Waals surface area contributed by atoms with Gasteiger partial charge < -0.3 is 9.84 Å². The number of halogens is 3. The predicted molar refractivity (Wildman–Crippen MR) is 122 cm³/mol. The Hall–Kier alpha value is -1.95. The molecular weight excluding hydrogens is 477 g/mol. The second kappa shape index (κ2) is 11.0. The molecule has 1 aromatic heterocycles. The van der Waals surface area contributed by atoms with Crippen molar-refractivity contribution >= 4 is 27.2 Å². The number of nitrogens with two attached hydrogens (primary N) is 1. The summed E-state index contributed by atoms with van der Waals surface area (Å²) in [6.45, 7) is 3.71. The van der Waals surface area contributed by atoms with Gasteiger partial charge in [-0.25, -0.2) is 13.7 Å². The number of rotatable bonds is 10. The first kappa shape index (κ1) is 27.3. The van der Waals surface area contributed by atoms with Crippen LogP contribution >= 0.6 is 11.3 Å². The number of nitrogens with zero attached hydrogens (tertiary/aromatic N) is 1. The predicted octanol–water partition coefficient (Wildman–Crippen LogP) is 5.09. The summed E-state index contributed by atoms with van der Waals surface area (Å²) in [7, 11) is -3.89. The van der Waals surface area contributed by atoms with Gasteiger partial charge in [0.05, 0.1) is 12.0 Å². The summed E-state index contributed by atoms with van der Waals surface area (Å²) in [5.74, 6) is -1.72. The van der Waals surface area contributed by atoms with Crippen LogP contribution < -0.4 is 9.88 Å². The van der Waals surface area contributed by atoms with Gasteiger partial charge in [0.1, 0.15) is 5.75 Å². The van der Waals surface area contributed by atoms with E-state index in [2.05, 4.69) is 9.10 Å². The number of amides is 1. The number of ether oxygens (including phenoxy) is 1. The summed E-state index contributed by atoms with van der Waals surface area (Å²) in [6.07, 6.45) is 2.13. The topological polar surface area (TPSA) is 102 Å². The van der Waals surface area contributed by atoms with Crippen LogP contribution in [0.1, 0.15) is 62.1 Å². The van der Waals surface area contributed by atoms with Gasteiger partial charge in [-0.15, -0.1) is 15.7 Å². The third-order valence-corrected chi connectivity index (χ3v) is 8.15. The lowest BCUT2D eigenvalue weighted by molar-refractivity contribution is -0.117. The molecule has 2 rings (SSSR count). The Balaban J connectivity index is 2.47. The van der Waals surface area contributed by atoms with Gasteiger partial charge in [-0.1, -0.05) is 26.7 Å². The van der Waals surface area contributed by atoms with Crippen LogP contribution in [0.15, 0.2) is 26.8 Å². The standard InChI is InChI=1S/C22H29F3N2O4S2/c1-5-7-13-9-15(31-21(24)25)10-14(8-6-2)16(13)11-19(28)27-33(26,30)20-17(23)12-18(32-20)22(3,4)29/h9-10,12,21,29H,5-8,11H2,1-4H3,(H2,26,27,28,30). The molecule has 6 nitrogen and oxygen atoms in total. The Bertz CT molecular complexity index is 1090. The van der Waals surface area contributed by atoms with Crippen LogP contribution in [0, 0.1) is 5.82 Å². The number of carbonyl (C=O) groups excluding carboxylic acids is 1. The monoisotopic (exact) mass is 506 g/mol. The maximum Gasteiger partial charge on any atom is 0.387 e. The number of carbonyl (C=O) groups is 1. The number of hydrogen-bond donors (Lipinski definition) is 2. The summed E-state index contributed by atoms with van der Waals surface area (Å²) in [6, 6.07) is 3.95. The normalized spacial score (nSPS) is 13.8. The highest BCUT2D eigenvalue weighted by Crippen LogP contribution is 2.33. The minimum atomic E-state index is -3.89. The number of benzene rings is 1. The lowest BCUT2D eigenvalue weighted by atomic mass is 9.92. The quantitative estimate of drug-likeness (QED) is 0.469. The zero-order valence-electron chi connectivity index (χ0n) is 19.0. The van der Waals surface area contributed by atoms with E-state index in [9.17, 15) is 27.3 Å². The van der Waals surface area contributed by atoms with Gasteiger partial charge >= 0.3 is 6.61 Å². The van der Waals surface area contributed by atoms with Crippen LogP contribution in [0.3, 0.4) is 0 Å². The largest absolute Gasteiger partial charge is 0.435 e. The van der Waals surface area contributed by atoms with Crippen molar-refractivity contribution in [3.63, 3.8) is 0 Å². The maximum atomic E-state index is 14.4. The van der Waals surface area contributed by atoms with Crippen molar-refractivity contribution < 1.29 is 32.0 Å². The fourth-order valence-corrected chi connectivity index (χ4v) is 5.79. The molecule has 0 bridgehead atoms. The Morgan fingerprint density at radius 3 is 2.18 bits per heavy atom. The fraction of sp³-hybridized carbons (Fsp3) is 0.500. The minimum absolute atomic E-state index is 0.00691. The molecule has 1 heterocycles. The third kappa shape index (κ3) is 7.26. The van der Waals surface area contributed by atoms with Crippen molar-refractivity contribution in [3.05, 3.63) is 45.6 Å². The van der Waals surface area contributed by atoms with Gasteiger partial charge in [0.2, 0.25) is 0 Å². The zero-order chi connectivity index (χ0) is 25.0. The second-order valence-electron chi connectivity index (χ2n) is 8.13. The molecule has 0 saturated carbocycles. The lowest BCUT2D eigenvalue weighted by Crippen LogP contribution is -2.17. The molecule has 0 aliphatic carbocycles. The maximum absolute atomic E-state index is 14.4. The molecule has 1 unspecified atom stereocenters. The molecule has 0 aliphatic rings. The summed E-state index contributed by atoms with van der Waals surface area (Å²) in [5.41, 5.74) is 0.513. The highest BCUT2D eigenvalue weighted by Gasteiger charge is 2.26. The first-order valence-electron chi connectivity index (χ1n) is 10.5. The van der Waals surface area contributed by atoms with Crippen LogP contribution in [0.5, 0.6) is 5.75 Å². The van der Waals surface area contributed by atoms with Gasteiger partial charge in [-0.2, -0.15) is 8.78 Å². The van der Waals surface area contributed by atoms with E-state index in [1.165, 1.54) is 26.0 Å². The Morgan fingerprint density at radius 1 is 1.21 bits per heavy atom. The number of alkyl halides is 2. The molecule has 0 spiro atoms. The molecule has 1 aromatic carbocycles. The first-order valence-corrected chi connectivity index (χ1v) is 12.9. The Labute approximate surface area is 196 Å². The van der Waals surface area contributed by atoms with E-state index in [-0.39, 0.29) is 17.0 Å². The van der Waals surface area contributed by atoms with Crippen LogP contribution in [0.2, 0.25) is 0 Å². The molecule has 0 aliphatic heterocycles. The van der Waals surface area contributed by atoms with Gasteiger partial charge in [0, 0.05) is 4.88 Å². The molecule has 0 saturated heterocycles. The third-order valence-electron chi connectivity index (χ3n) is 4.76. The average Bonchev–Trinajstić information content (AvgIpc) is 3.07. The summed E-state index contributed by atoms with van der Waals surface area (Å²) >= 11 is 0.693. The number of aryl methyl sites for hydroxylation is 2. The molecule has 3 N–H and O–H groups in total. The molecule has 2 aromatic rings. The molecule has 0 fully saturated rings. The van der Waals surface area contributed by atoms with Gasteiger partial charge in [0.25, 0.3) is 5.91 Å². The van der Waals surface area contributed by atoms with E-state index >= 15 is 0 Å². The van der Waals surface area contributed by atoms with E-state index < -0.39 is 38.1 Å². The molecule has 11 heteroatoms. The van der Waals surface area contributed by atoms with Crippen molar-refractivity contribution in [2.75, 3.05) is 0 Å². The van der Waals surface area contributed by atoms with E-state index in [1.807, 2.05) is 13.8 Å². The molecule has 1 atom stereocenters. The minimum Gasteiger partial charge on any atom is -0.435 e. The summed E-state index contributed by atoms with van der Waals surface area (Å²) in [4.78, 5) is 12.9. The highest BCUT2D eigenvalue weighted by atomic mass is 32.2. The Kier molecular flexibility index (Phi) is 9.09. The molecule has 33 heavy (non-hydrogen) atoms. The van der Waals surface area contributed by atoms with E-state index in [4.69, 9.17) is 5.14 Å². The molecule has 184 valence electrons. The van der Waals surface area contributed by atoms with Crippen LogP contribution in [0.4, 0.5) is 13.2 Å².